The van der Waals surface area contributed by atoms with Crippen molar-refractivity contribution < 1.29 is 9.59 Å². The van der Waals surface area contributed by atoms with E-state index in [0.29, 0.717) is 24.6 Å². The molecule has 0 unspecified atom stereocenters. The number of rotatable bonds is 2. The molecule has 0 bridgehead atoms. The van der Waals surface area contributed by atoms with E-state index in [1.54, 1.807) is 7.05 Å². The molecule has 0 saturated carbocycles. The smallest absolute Gasteiger partial charge is 0.270 e. The molecule has 0 aromatic carbocycles. The van der Waals surface area contributed by atoms with Gasteiger partial charge in [-0.05, 0) is 38.8 Å². The Morgan fingerprint density at radius 2 is 1.82 bits per heavy atom. The molecular formula is C16H26N4O2. The molecule has 2 saturated heterocycles. The van der Waals surface area contributed by atoms with Gasteiger partial charge in [-0.2, -0.15) is 5.10 Å². The summed E-state index contributed by atoms with van der Waals surface area (Å²) in [6.45, 7) is 3.98. The molecule has 0 radical (unpaired) electrons. The van der Waals surface area contributed by atoms with Crippen LogP contribution in [0.25, 0.3) is 0 Å². The van der Waals surface area contributed by atoms with Crippen molar-refractivity contribution in [1.82, 2.24) is 14.8 Å². The summed E-state index contributed by atoms with van der Waals surface area (Å²) >= 11 is 0. The Hall–Kier alpha value is -1.43. The van der Waals surface area contributed by atoms with Gasteiger partial charge in [0.05, 0.1) is 0 Å². The van der Waals surface area contributed by atoms with Gasteiger partial charge in [-0.1, -0.05) is 6.42 Å². The maximum Gasteiger partial charge on any atom is 0.270 e. The van der Waals surface area contributed by atoms with E-state index in [1.165, 1.54) is 43.8 Å². The molecule has 0 aliphatic carbocycles. The van der Waals surface area contributed by atoms with Crippen LogP contribution in [0.3, 0.4) is 0 Å². The third-order valence-electron chi connectivity index (χ3n) is 5.04. The monoisotopic (exact) mass is 306 g/mol. The lowest BCUT2D eigenvalue weighted by atomic mass is 10.1. The molecule has 122 valence electrons. The van der Waals surface area contributed by atoms with Crippen LogP contribution in [0.2, 0.25) is 0 Å². The number of likely N-dealkylation sites (tertiary alicyclic amines) is 2. The van der Waals surface area contributed by atoms with Gasteiger partial charge < -0.3 is 4.90 Å². The Bertz CT molecular complexity index is 471. The molecule has 0 spiro atoms. The molecule has 3 heterocycles. The van der Waals surface area contributed by atoms with Crippen LogP contribution in [-0.2, 0) is 9.59 Å². The second-order valence-electron chi connectivity index (χ2n) is 6.61. The second kappa shape index (κ2) is 6.77. The van der Waals surface area contributed by atoms with Gasteiger partial charge in [0.1, 0.15) is 5.71 Å². The topological polar surface area (TPSA) is 56.2 Å². The summed E-state index contributed by atoms with van der Waals surface area (Å²) in [6, 6.07) is 0.498. The van der Waals surface area contributed by atoms with Crippen LogP contribution in [0, 0.1) is 0 Å². The molecule has 3 aliphatic rings. The van der Waals surface area contributed by atoms with E-state index in [4.69, 9.17) is 0 Å². The van der Waals surface area contributed by atoms with E-state index in [-0.39, 0.29) is 11.8 Å². The third kappa shape index (κ3) is 3.32. The Morgan fingerprint density at radius 3 is 2.55 bits per heavy atom. The zero-order valence-electron chi connectivity index (χ0n) is 13.5. The first-order valence-corrected chi connectivity index (χ1v) is 8.52. The predicted octanol–water partition coefficient (Wildman–Crippen LogP) is 1.07. The molecule has 1 atom stereocenters. The number of carbonyl (C=O) groups excluding carboxylic acids is 2. The van der Waals surface area contributed by atoms with E-state index in [0.717, 1.165) is 19.5 Å². The van der Waals surface area contributed by atoms with Crippen molar-refractivity contribution in [3.63, 3.8) is 0 Å². The van der Waals surface area contributed by atoms with Gasteiger partial charge in [-0.25, -0.2) is 5.01 Å². The van der Waals surface area contributed by atoms with E-state index in [9.17, 15) is 9.59 Å². The number of carbonyl (C=O) groups is 2. The van der Waals surface area contributed by atoms with Crippen molar-refractivity contribution in [2.24, 2.45) is 5.10 Å². The number of hydrogen-bond donors (Lipinski definition) is 0. The highest BCUT2D eigenvalue weighted by Crippen LogP contribution is 2.21. The maximum atomic E-state index is 12.8. The van der Waals surface area contributed by atoms with Crippen LogP contribution in [0.15, 0.2) is 5.10 Å². The summed E-state index contributed by atoms with van der Waals surface area (Å²) in [7, 11) is 1.63. The number of hydrogen-bond acceptors (Lipinski definition) is 4. The van der Waals surface area contributed by atoms with Crippen LogP contribution in [-0.4, -0.2) is 71.6 Å². The highest BCUT2D eigenvalue weighted by Gasteiger charge is 2.31. The molecule has 6 nitrogen and oxygen atoms in total. The highest BCUT2D eigenvalue weighted by atomic mass is 16.2. The van der Waals surface area contributed by atoms with Gasteiger partial charge >= 0.3 is 0 Å². The summed E-state index contributed by atoms with van der Waals surface area (Å²) in [5.74, 6) is 0.0211. The lowest BCUT2D eigenvalue weighted by Crippen LogP contribution is -2.47. The summed E-state index contributed by atoms with van der Waals surface area (Å²) in [4.78, 5) is 28.8. The Balaban J connectivity index is 1.68. The van der Waals surface area contributed by atoms with Crippen LogP contribution in [0.4, 0.5) is 0 Å². The first-order chi connectivity index (χ1) is 10.6. The lowest BCUT2D eigenvalue weighted by molar-refractivity contribution is -0.130. The van der Waals surface area contributed by atoms with Gasteiger partial charge in [0.25, 0.3) is 5.91 Å². The SMILES string of the molecule is CN1N=C(C(=O)N2CCCC[C@H](N3CCCC3)C2)CCC1=O. The van der Waals surface area contributed by atoms with Crippen molar-refractivity contribution in [2.75, 3.05) is 33.2 Å². The van der Waals surface area contributed by atoms with E-state index >= 15 is 0 Å². The molecule has 0 aromatic heterocycles. The van der Waals surface area contributed by atoms with E-state index in [2.05, 4.69) is 10.0 Å². The number of amides is 2. The van der Waals surface area contributed by atoms with Gasteiger partial charge in [0.15, 0.2) is 0 Å². The Kier molecular flexibility index (Phi) is 4.76. The molecule has 2 fully saturated rings. The highest BCUT2D eigenvalue weighted by molar-refractivity contribution is 6.39. The second-order valence-corrected chi connectivity index (χ2v) is 6.61. The minimum absolute atomic E-state index is 0.0117. The molecule has 3 aliphatic heterocycles. The summed E-state index contributed by atoms with van der Waals surface area (Å²) in [6.07, 6.45) is 6.88. The average molecular weight is 306 g/mol. The van der Waals surface area contributed by atoms with Crippen molar-refractivity contribution in [2.45, 2.75) is 51.0 Å². The summed E-state index contributed by atoms with van der Waals surface area (Å²) in [5.41, 5.74) is 0.546. The van der Waals surface area contributed by atoms with Crippen LogP contribution >= 0.6 is 0 Å². The summed E-state index contributed by atoms with van der Waals surface area (Å²) in [5, 5.41) is 5.50. The zero-order valence-corrected chi connectivity index (χ0v) is 13.5. The van der Waals surface area contributed by atoms with Gasteiger partial charge in [-0.3, -0.25) is 14.5 Å². The molecule has 2 amide bonds. The largest absolute Gasteiger partial charge is 0.336 e. The zero-order chi connectivity index (χ0) is 15.5. The quantitative estimate of drug-likeness (QED) is 0.767. The van der Waals surface area contributed by atoms with Crippen molar-refractivity contribution in [3.05, 3.63) is 0 Å². The van der Waals surface area contributed by atoms with Gasteiger partial charge in [0, 0.05) is 39.0 Å². The van der Waals surface area contributed by atoms with E-state index in [1.807, 2.05) is 4.90 Å². The van der Waals surface area contributed by atoms with Crippen molar-refractivity contribution in [1.29, 1.82) is 0 Å². The first-order valence-electron chi connectivity index (χ1n) is 8.52. The van der Waals surface area contributed by atoms with E-state index < -0.39 is 0 Å². The molecule has 22 heavy (non-hydrogen) atoms. The van der Waals surface area contributed by atoms with Gasteiger partial charge in [-0.15, -0.1) is 0 Å². The normalized spacial score (nSPS) is 27.8. The minimum Gasteiger partial charge on any atom is -0.336 e. The molecule has 0 aromatic rings. The molecule has 3 rings (SSSR count). The summed E-state index contributed by atoms with van der Waals surface area (Å²) < 4.78 is 0. The van der Waals surface area contributed by atoms with Crippen molar-refractivity contribution >= 4 is 17.5 Å². The lowest BCUT2D eigenvalue weighted by Gasteiger charge is -2.31. The average Bonchev–Trinajstić information content (AvgIpc) is 2.94. The maximum absolute atomic E-state index is 12.8. The molecular weight excluding hydrogens is 280 g/mol. The number of nitrogens with zero attached hydrogens (tertiary/aromatic N) is 4. The fraction of sp³-hybridized carbons (Fsp3) is 0.812. The van der Waals surface area contributed by atoms with Crippen LogP contribution < -0.4 is 0 Å². The Morgan fingerprint density at radius 1 is 1.09 bits per heavy atom. The predicted molar refractivity (Wildman–Crippen MR) is 84.5 cm³/mol. The first kappa shape index (κ1) is 15.5. The minimum atomic E-state index is -0.0117. The fourth-order valence-electron chi connectivity index (χ4n) is 3.72. The fourth-order valence-corrected chi connectivity index (χ4v) is 3.72. The molecule has 0 N–H and O–H groups in total. The molecule has 6 heteroatoms. The van der Waals surface area contributed by atoms with Crippen LogP contribution in [0.5, 0.6) is 0 Å². The standard InChI is InChI=1S/C16H26N4O2/c1-18-15(21)8-7-14(17-18)16(22)20-11-3-2-6-13(12-20)19-9-4-5-10-19/h13H,2-12H2,1H3/t13-/m0/s1. The van der Waals surface area contributed by atoms with Crippen LogP contribution in [0.1, 0.15) is 44.9 Å². The van der Waals surface area contributed by atoms with Gasteiger partial charge in [0.2, 0.25) is 5.91 Å². The Labute approximate surface area is 132 Å². The number of hydrazone groups is 1. The third-order valence-corrected chi connectivity index (χ3v) is 5.04. The van der Waals surface area contributed by atoms with Crippen molar-refractivity contribution in [3.8, 4) is 0 Å².